The van der Waals surface area contributed by atoms with E-state index in [4.69, 9.17) is 13.3 Å². The van der Waals surface area contributed by atoms with E-state index < -0.39 is 0 Å². The maximum Gasteiger partial charge on any atom is 0.145 e. The van der Waals surface area contributed by atoms with Gasteiger partial charge in [0.2, 0.25) is 0 Å². The maximum atomic E-state index is 10.3. The third-order valence-electron chi connectivity index (χ3n) is 28.6. The van der Waals surface area contributed by atoms with Crippen LogP contribution in [0.1, 0.15) is 16.7 Å². The highest BCUT2D eigenvalue weighted by Gasteiger charge is 2.27. The second-order valence-corrected chi connectivity index (χ2v) is 36.2. The zero-order chi connectivity index (χ0) is 93.2. The molecule has 0 radical (unpaired) electrons. The third kappa shape index (κ3) is 12.3. The topological polar surface area (TPSA) is 140 Å². The number of furan rings is 3. The van der Waals surface area contributed by atoms with Crippen molar-refractivity contribution in [1.29, 1.82) is 15.8 Å². The molecule has 12 heteroatoms. The van der Waals surface area contributed by atoms with Crippen molar-refractivity contribution in [1.82, 2.24) is 27.4 Å². The highest BCUT2D eigenvalue weighted by molar-refractivity contribution is 6.29. The summed E-state index contributed by atoms with van der Waals surface area (Å²) in [5, 5.41) is 51.6. The number of nitriles is 3. The summed E-state index contributed by atoms with van der Waals surface area (Å²) in [5.41, 5.74) is 32.5. The van der Waals surface area contributed by atoms with Crippen LogP contribution in [0.4, 0.5) is 0 Å². The standard InChI is InChI=1S/3C43H25N3O/c44-26-27-21-28(30-11-1-6-16-37(30)46-39-18-8-2-12-31(39)32-13-3-9-19-40(32)46)23-29(22-27)45-38-17-7-4-14-33(38)35-25-43-36(24-41(35)45)34-15-5-10-20-42(34)47-43;44-26-27-23-28(30-11-1-6-16-36(30)46-37-17-7-2-12-31(37)32-13-3-8-18-38(32)46)25-29(24-27)45-39-19-9-4-15-35(39)42-40(45)22-21-34-33-14-5-10-20-41(33)47-43(34)42;44-26-27-23-28(30-11-1-6-16-35(30)46-36-17-7-2-12-31(36)32-13-3-8-18-37(32)46)25-29(24-27)45-38-19-9-4-14-33(38)42-39(45)21-22-41-43(42)34-15-5-10-20-40(34)47-41/h3*1-25H. The van der Waals surface area contributed by atoms with E-state index in [2.05, 4.69) is 422 Å². The summed E-state index contributed by atoms with van der Waals surface area (Å²) in [6.07, 6.45) is 0. The Hall–Kier alpha value is -19.7. The predicted molar refractivity (Wildman–Crippen MR) is 578 cm³/mol. The summed E-state index contributed by atoms with van der Waals surface area (Å²) in [7, 11) is 0. The maximum absolute atomic E-state index is 10.3. The summed E-state index contributed by atoms with van der Waals surface area (Å²) in [4.78, 5) is 0. The number of hydrogen-bond donors (Lipinski definition) is 0. The highest BCUT2D eigenvalue weighted by Crippen LogP contribution is 2.49. The highest BCUT2D eigenvalue weighted by atomic mass is 16.3. The fourth-order valence-corrected chi connectivity index (χ4v) is 22.7. The number of hydrogen-bond acceptors (Lipinski definition) is 6. The summed E-state index contributed by atoms with van der Waals surface area (Å²) >= 11 is 0. The van der Waals surface area contributed by atoms with Crippen LogP contribution < -0.4 is 0 Å². The van der Waals surface area contributed by atoms with Crippen LogP contribution >= 0.6 is 0 Å². The fourth-order valence-electron chi connectivity index (χ4n) is 22.7. The van der Waals surface area contributed by atoms with Gasteiger partial charge < -0.3 is 40.7 Å². The molecule has 0 saturated carbocycles. The molecule has 141 heavy (non-hydrogen) atoms. The van der Waals surface area contributed by atoms with Crippen molar-refractivity contribution in [2.24, 2.45) is 0 Å². The Morgan fingerprint density at radius 3 is 0.865 bits per heavy atom. The van der Waals surface area contributed by atoms with E-state index in [-0.39, 0.29) is 0 Å². The Morgan fingerprint density at radius 1 is 0.163 bits per heavy atom. The van der Waals surface area contributed by atoms with Gasteiger partial charge in [-0.3, -0.25) is 0 Å². The number of aromatic nitrogens is 6. The molecule has 0 amide bonds. The largest absolute Gasteiger partial charge is 0.456 e. The van der Waals surface area contributed by atoms with Gasteiger partial charge in [-0.25, -0.2) is 0 Å². The Kier molecular flexibility index (Phi) is 18.0. The van der Waals surface area contributed by atoms with Crippen LogP contribution in [0.25, 0.3) is 264 Å². The molecule has 0 atom stereocenters. The molecule has 9 heterocycles. The van der Waals surface area contributed by atoms with E-state index >= 15 is 0 Å². The van der Waals surface area contributed by atoms with Crippen LogP contribution in [0.2, 0.25) is 0 Å². The first-order chi connectivity index (χ1) is 69.8. The van der Waals surface area contributed by atoms with Crippen molar-refractivity contribution in [3.05, 3.63) is 472 Å². The number of rotatable bonds is 9. The molecule has 0 bridgehead atoms. The van der Waals surface area contributed by atoms with Crippen LogP contribution in [0.5, 0.6) is 0 Å². The molecule has 9 aromatic heterocycles. The average Bonchev–Trinajstić information content (AvgIpc) is 1.56. The van der Waals surface area contributed by atoms with Gasteiger partial charge in [0, 0.05) is 125 Å². The average molecular weight is 1800 g/mol. The number of benzene rings is 21. The smallest absolute Gasteiger partial charge is 0.145 e. The lowest BCUT2D eigenvalue weighted by molar-refractivity contribution is 0.669. The van der Waals surface area contributed by atoms with Gasteiger partial charge in [0.25, 0.3) is 0 Å². The molecular weight excluding hydrogens is 1720 g/mol. The van der Waals surface area contributed by atoms with Crippen molar-refractivity contribution in [3.63, 3.8) is 0 Å². The minimum absolute atomic E-state index is 0.602. The fraction of sp³-hybridized carbons (Fsp3) is 0. The van der Waals surface area contributed by atoms with Crippen LogP contribution in [0, 0.1) is 34.0 Å². The van der Waals surface area contributed by atoms with Crippen molar-refractivity contribution in [2.45, 2.75) is 0 Å². The van der Waals surface area contributed by atoms with Crippen molar-refractivity contribution >= 4 is 197 Å². The molecule has 0 unspecified atom stereocenters. The first kappa shape index (κ1) is 79.8. The lowest BCUT2D eigenvalue weighted by Gasteiger charge is -2.16. The monoisotopic (exact) mass is 1800 g/mol. The van der Waals surface area contributed by atoms with E-state index in [1.165, 1.54) is 32.3 Å². The van der Waals surface area contributed by atoms with Gasteiger partial charge >= 0.3 is 0 Å². The van der Waals surface area contributed by atoms with Gasteiger partial charge in [-0.2, -0.15) is 15.8 Å². The predicted octanol–water partition coefficient (Wildman–Crippen LogP) is 34.0. The molecule has 30 rings (SSSR count). The Balaban J connectivity index is 0.000000104. The normalized spacial score (nSPS) is 11.8. The summed E-state index contributed by atoms with van der Waals surface area (Å²) in [5.74, 6) is 0. The van der Waals surface area contributed by atoms with Crippen LogP contribution in [0.15, 0.2) is 468 Å². The molecule has 30 aromatic rings. The molecule has 0 fully saturated rings. The van der Waals surface area contributed by atoms with Gasteiger partial charge in [0.1, 0.15) is 33.5 Å². The molecule has 0 spiro atoms. The minimum atomic E-state index is 0.602. The molecule has 0 saturated heterocycles. The number of para-hydroxylation sites is 15. The van der Waals surface area contributed by atoms with Crippen molar-refractivity contribution in [3.8, 4) is 85.7 Å². The molecule has 0 aliphatic rings. The van der Waals surface area contributed by atoms with Gasteiger partial charge in [0.05, 0.1) is 124 Å². The minimum Gasteiger partial charge on any atom is -0.456 e. The van der Waals surface area contributed by atoms with E-state index in [0.717, 1.165) is 232 Å². The zero-order valence-electron chi connectivity index (χ0n) is 75.6. The molecule has 21 aromatic carbocycles. The Labute approximate surface area is 805 Å². The van der Waals surface area contributed by atoms with Crippen LogP contribution in [-0.2, 0) is 0 Å². The third-order valence-corrected chi connectivity index (χ3v) is 28.6. The van der Waals surface area contributed by atoms with Crippen molar-refractivity contribution in [2.75, 3.05) is 0 Å². The van der Waals surface area contributed by atoms with Crippen LogP contribution in [-0.4, -0.2) is 27.4 Å². The first-order valence-corrected chi connectivity index (χ1v) is 47.3. The van der Waals surface area contributed by atoms with E-state index in [9.17, 15) is 15.8 Å². The summed E-state index contributed by atoms with van der Waals surface area (Å²) < 4.78 is 33.0. The van der Waals surface area contributed by atoms with E-state index in [1.54, 1.807) is 0 Å². The van der Waals surface area contributed by atoms with Gasteiger partial charge in [-0.1, -0.05) is 273 Å². The van der Waals surface area contributed by atoms with Gasteiger partial charge in [0.15, 0.2) is 0 Å². The lowest BCUT2D eigenvalue weighted by atomic mass is 10.00. The first-order valence-electron chi connectivity index (χ1n) is 47.3. The molecule has 0 N–H and O–H groups in total. The second kappa shape index (κ2) is 31.7. The lowest BCUT2D eigenvalue weighted by Crippen LogP contribution is -1.99. The van der Waals surface area contributed by atoms with Crippen LogP contribution in [0.3, 0.4) is 0 Å². The van der Waals surface area contributed by atoms with Crippen molar-refractivity contribution < 1.29 is 13.3 Å². The van der Waals surface area contributed by atoms with E-state index in [0.29, 0.717) is 16.7 Å². The Morgan fingerprint density at radius 2 is 0.454 bits per heavy atom. The zero-order valence-corrected chi connectivity index (χ0v) is 75.6. The molecule has 0 aliphatic heterocycles. The molecule has 654 valence electrons. The number of nitrogens with zero attached hydrogens (tertiary/aromatic N) is 9. The van der Waals surface area contributed by atoms with Gasteiger partial charge in [-0.15, -0.1) is 0 Å². The van der Waals surface area contributed by atoms with E-state index in [1.807, 2.05) is 78.9 Å². The second-order valence-electron chi connectivity index (χ2n) is 36.2. The molecular formula is C129H75N9O3. The summed E-state index contributed by atoms with van der Waals surface area (Å²) in [6, 6.07) is 166. The molecule has 0 aliphatic carbocycles. The molecule has 12 nitrogen and oxygen atoms in total. The quantitative estimate of drug-likeness (QED) is 0.141. The number of fused-ring (bicyclic) bond motifs is 29. The summed E-state index contributed by atoms with van der Waals surface area (Å²) in [6.45, 7) is 0. The SMILES string of the molecule is N#Cc1cc(-c2ccccc2-n2c3ccccc3c3ccccc32)cc(-n2c3ccccc3c3c4c(ccc32)oc2ccccc24)c1.N#Cc1cc(-c2ccccc2-n2c3ccccc3c3ccccc32)cc(-n2c3ccccc3c3c4oc5ccccc5c4ccc32)c1.N#Cc1cc(-c2ccccc2-n2c3ccccc3c3ccccc32)cc(-n2c3ccccc3c3cc4oc5ccccc5c4cc32)c1. The Bertz CT molecular complexity index is 10300. The van der Waals surface area contributed by atoms with Gasteiger partial charge in [-0.05, 0) is 199 Å².